The number of hydrogen-bond donors (Lipinski definition) is 2. The fourth-order valence-electron chi connectivity index (χ4n) is 2.67. The molecule has 26 heavy (non-hydrogen) atoms. The molecule has 1 amide bonds. The number of anilines is 3. The van der Waals surface area contributed by atoms with E-state index >= 15 is 0 Å². The molecule has 0 spiro atoms. The number of aryl methyl sites for hydroxylation is 3. The number of carbonyl (C=O) groups excluding carboxylic acids is 1. The molecule has 0 unspecified atom stereocenters. The van der Waals surface area contributed by atoms with Crippen LogP contribution in [0, 0.1) is 13.8 Å². The molecule has 0 aliphatic carbocycles. The molecule has 3 rings (SSSR count). The molecular weight excluding hydrogens is 324 g/mol. The Labute approximate surface area is 153 Å². The van der Waals surface area contributed by atoms with E-state index in [-0.39, 0.29) is 11.6 Å². The number of amides is 1. The number of para-hydroxylation sites is 1. The van der Waals surface area contributed by atoms with Gasteiger partial charge in [0, 0.05) is 11.4 Å². The molecule has 5 heteroatoms. The maximum Gasteiger partial charge on any atom is 0.275 e. The van der Waals surface area contributed by atoms with Crippen LogP contribution < -0.4 is 10.6 Å². The highest BCUT2D eigenvalue weighted by atomic mass is 16.1. The molecule has 0 fully saturated rings. The smallest absolute Gasteiger partial charge is 0.275 e. The van der Waals surface area contributed by atoms with Crippen molar-refractivity contribution in [3.63, 3.8) is 0 Å². The Morgan fingerprint density at radius 1 is 1.00 bits per heavy atom. The molecular formula is C21H22N4O. The second-order valence-electron chi connectivity index (χ2n) is 6.19. The Morgan fingerprint density at radius 3 is 2.42 bits per heavy atom. The van der Waals surface area contributed by atoms with Gasteiger partial charge in [-0.2, -0.15) is 0 Å². The molecule has 1 heterocycles. The summed E-state index contributed by atoms with van der Waals surface area (Å²) in [5, 5.41) is 6.13. The first-order valence-corrected chi connectivity index (χ1v) is 8.62. The van der Waals surface area contributed by atoms with Crippen LogP contribution >= 0.6 is 0 Å². The van der Waals surface area contributed by atoms with Crippen molar-refractivity contribution in [3.8, 4) is 0 Å². The van der Waals surface area contributed by atoms with Gasteiger partial charge in [0.2, 0.25) is 0 Å². The molecule has 0 aliphatic rings. The molecule has 0 aliphatic heterocycles. The normalized spacial score (nSPS) is 10.4. The Balaban J connectivity index is 1.72. The number of hydrogen-bond acceptors (Lipinski definition) is 4. The van der Waals surface area contributed by atoms with Crippen molar-refractivity contribution in [2.24, 2.45) is 0 Å². The molecule has 2 N–H and O–H groups in total. The Hall–Kier alpha value is -3.21. The van der Waals surface area contributed by atoms with E-state index in [4.69, 9.17) is 0 Å². The summed E-state index contributed by atoms with van der Waals surface area (Å²) < 4.78 is 0. The van der Waals surface area contributed by atoms with E-state index in [1.807, 2.05) is 56.3 Å². The van der Waals surface area contributed by atoms with E-state index in [9.17, 15) is 4.79 Å². The molecule has 0 atom stereocenters. The first-order chi connectivity index (χ1) is 12.6. The molecule has 3 aromatic rings. The van der Waals surface area contributed by atoms with Gasteiger partial charge < -0.3 is 10.6 Å². The van der Waals surface area contributed by atoms with Gasteiger partial charge in [-0.15, -0.1) is 0 Å². The molecule has 5 nitrogen and oxygen atoms in total. The third-order valence-corrected chi connectivity index (χ3v) is 4.19. The summed E-state index contributed by atoms with van der Waals surface area (Å²) in [7, 11) is 0. The van der Waals surface area contributed by atoms with Crippen molar-refractivity contribution in [3.05, 3.63) is 77.2 Å². The fourth-order valence-corrected chi connectivity index (χ4v) is 2.67. The van der Waals surface area contributed by atoms with E-state index in [1.165, 1.54) is 11.8 Å². The van der Waals surface area contributed by atoms with E-state index in [2.05, 4.69) is 27.5 Å². The lowest BCUT2D eigenvalue weighted by atomic mass is 10.1. The van der Waals surface area contributed by atoms with Crippen LogP contribution in [0.4, 0.5) is 17.2 Å². The van der Waals surface area contributed by atoms with Crippen LogP contribution in [0.5, 0.6) is 0 Å². The second-order valence-corrected chi connectivity index (χ2v) is 6.19. The van der Waals surface area contributed by atoms with Gasteiger partial charge in [-0.25, -0.2) is 9.97 Å². The van der Waals surface area contributed by atoms with Gasteiger partial charge in [-0.05, 0) is 43.5 Å². The summed E-state index contributed by atoms with van der Waals surface area (Å²) in [6.45, 7) is 6.08. The quantitative estimate of drug-likeness (QED) is 0.705. The van der Waals surface area contributed by atoms with Crippen LogP contribution in [0.2, 0.25) is 0 Å². The highest BCUT2D eigenvalue weighted by Gasteiger charge is 2.12. The first kappa shape index (κ1) is 17.6. The van der Waals surface area contributed by atoms with Gasteiger partial charge in [0.1, 0.15) is 11.5 Å². The third kappa shape index (κ3) is 4.06. The van der Waals surface area contributed by atoms with Crippen molar-refractivity contribution in [1.82, 2.24) is 9.97 Å². The van der Waals surface area contributed by atoms with E-state index < -0.39 is 0 Å². The maximum absolute atomic E-state index is 12.5. The zero-order chi connectivity index (χ0) is 18.5. The number of nitrogens with zero attached hydrogens (tertiary/aromatic N) is 2. The molecule has 0 saturated carbocycles. The summed E-state index contributed by atoms with van der Waals surface area (Å²) in [4.78, 5) is 21.0. The highest BCUT2D eigenvalue weighted by molar-refractivity contribution is 6.03. The van der Waals surface area contributed by atoms with E-state index in [1.54, 1.807) is 6.20 Å². The number of aromatic nitrogens is 2. The standard InChI is InChI=1S/C21H22N4O/c1-4-16-7-5-6-15(3)20(16)25-21(26)18-12-23-19(13-22-18)24-17-10-8-14(2)9-11-17/h5-13H,4H2,1-3H3,(H,23,24)(H,25,26). The minimum atomic E-state index is -0.261. The fraction of sp³-hybridized carbons (Fsp3) is 0.190. The lowest BCUT2D eigenvalue weighted by Crippen LogP contribution is -2.16. The molecule has 1 aromatic heterocycles. The zero-order valence-corrected chi connectivity index (χ0v) is 15.2. The van der Waals surface area contributed by atoms with Gasteiger partial charge in [-0.3, -0.25) is 4.79 Å². The van der Waals surface area contributed by atoms with Crippen molar-refractivity contribution in [2.75, 3.05) is 10.6 Å². The average Bonchev–Trinajstić information content (AvgIpc) is 2.65. The molecule has 132 valence electrons. The third-order valence-electron chi connectivity index (χ3n) is 4.19. The molecule has 0 bridgehead atoms. The van der Waals surface area contributed by atoms with Crippen LogP contribution in [-0.2, 0) is 6.42 Å². The van der Waals surface area contributed by atoms with Crippen molar-refractivity contribution in [2.45, 2.75) is 27.2 Å². The predicted molar refractivity (Wildman–Crippen MR) is 105 cm³/mol. The summed E-state index contributed by atoms with van der Waals surface area (Å²) in [6.07, 6.45) is 3.89. The van der Waals surface area contributed by atoms with Crippen molar-refractivity contribution in [1.29, 1.82) is 0 Å². The summed E-state index contributed by atoms with van der Waals surface area (Å²) in [5.74, 6) is 0.332. The Kier molecular flexibility index (Phi) is 5.27. The van der Waals surface area contributed by atoms with Gasteiger partial charge in [0.25, 0.3) is 5.91 Å². The largest absolute Gasteiger partial charge is 0.339 e. The number of rotatable bonds is 5. The Bertz CT molecular complexity index is 902. The Morgan fingerprint density at radius 2 is 1.77 bits per heavy atom. The van der Waals surface area contributed by atoms with Crippen molar-refractivity contribution >= 4 is 23.1 Å². The molecule has 2 aromatic carbocycles. The number of nitrogens with one attached hydrogen (secondary N) is 2. The summed E-state index contributed by atoms with van der Waals surface area (Å²) in [5.41, 5.74) is 5.38. The first-order valence-electron chi connectivity index (χ1n) is 8.62. The second kappa shape index (κ2) is 7.78. The zero-order valence-electron chi connectivity index (χ0n) is 15.2. The van der Waals surface area contributed by atoms with Gasteiger partial charge >= 0.3 is 0 Å². The predicted octanol–water partition coefficient (Wildman–Crippen LogP) is 4.65. The van der Waals surface area contributed by atoms with Crippen LogP contribution in [-0.4, -0.2) is 15.9 Å². The average molecular weight is 346 g/mol. The topological polar surface area (TPSA) is 66.9 Å². The van der Waals surface area contributed by atoms with E-state index in [0.29, 0.717) is 5.82 Å². The monoisotopic (exact) mass is 346 g/mol. The molecule has 0 radical (unpaired) electrons. The summed E-state index contributed by atoms with van der Waals surface area (Å²) in [6, 6.07) is 14.0. The van der Waals surface area contributed by atoms with Gasteiger partial charge in [-0.1, -0.05) is 42.8 Å². The lowest BCUT2D eigenvalue weighted by molar-refractivity contribution is 0.102. The van der Waals surface area contributed by atoms with Crippen molar-refractivity contribution < 1.29 is 4.79 Å². The van der Waals surface area contributed by atoms with E-state index in [0.717, 1.165) is 28.9 Å². The van der Waals surface area contributed by atoms with Crippen LogP contribution in [0.25, 0.3) is 0 Å². The highest BCUT2D eigenvalue weighted by Crippen LogP contribution is 2.22. The number of carbonyl (C=O) groups is 1. The number of benzene rings is 2. The van der Waals surface area contributed by atoms with Crippen LogP contribution in [0.1, 0.15) is 34.1 Å². The van der Waals surface area contributed by atoms with Crippen LogP contribution in [0.15, 0.2) is 54.9 Å². The summed E-state index contributed by atoms with van der Waals surface area (Å²) >= 11 is 0. The SMILES string of the molecule is CCc1cccc(C)c1NC(=O)c1cnc(Nc2ccc(C)cc2)cn1. The minimum Gasteiger partial charge on any atom is -0.339 e. The van der Waals surface area contributed by atoms with Gasteiger partial charge in [0.15, 0.2) is 0 Å². The van der Waals surface area contributed by atoms with Gasteiger partial charge in [0.05, 0.1) is 12.4 Å². The maximum atomic E-state index is 12.5. The van der Waals surface area contributed by atoms with Crippen LogP contribution in [0.3, 0.4) is 0 Å². The minimum absolute atomic E-state index is 0.261. The lowest BCUT2D eigenvalue weighted by Gasteiger charge is -2.12. The molecule has 0 saturated heterocycles.